The minimum absolute atomic E-state index is 0.291. The van der Waals surface area contributed by atoms with Crippen molar-refractivity contribution in [3.05, 3.63) is 34.4 Å². The van der Waals surface area contributed by atoms with Gasteiger partial charge in [0.15, 0.2) is 0 Å². The molecule has 0 unspecified atom stereocenters. The lowest BCUT2D eigenvalue weighted by atomic mass is 9.99. The molecular formula is C11H11NO3. The Bertz CT molecular complexity index is 432. The molecule has 0 bridgehead atoms. The van der Waals surface area contributed by atoms with Gasteiger partial charge in [-0.3, -0.25) is 0 Å². The monoisotopic (exact) mass is 205 g/mol. The molecule has 1 N–H and O–H groups in total. The van der Waals surface area contributed by atoms with E-state index in [2.05, 4.69) is 4.74 Å². The van der Waals surface area contributed by atoms with E-state index in [1.165, 1.54) is 13.2 Å². The first-order chi connectivity index (χ1) is 7.13. The zero-order valence-corrected chi connectivity index (χ0v) is 8.57. The van der Waals surface area contributed by atoms with Crippen molar-refractivity contribution in [1.29, 1.82) is 5.26 Å². The minimum Gasteiger partial charge on any atom is -0.465 e. The van der Waals surface area contributed by atoms with E-state index in [1.807, 2.05) is 6.07 Å². The fourth-order valence-corrected chi connectivity index (χ4v) is 1.44. The number of esters is 1. The Labute approximate surface area is 87.7 Å². The molecule has 0 amide bonds. The zero-order valence-electron chi connectivity index (χ0n) is 8.57. The number of carbonyl (C=O) groups excluding carboxylic acids is 1. The van der Waals surface area contributed by atoms with Crippen molar-refractivity contribution in [3.63, 3.8) is 0 Å². The predicted molar refractivity (Wildman–Crippen MR) is 53.2 cm³/mol. The summed E-state index contributed by atoms with van der Waals surface area (Å²) >= 11 is 0. The number of ether oxygens (including phenoxy) is 1. The Kier molecular flexibility index (Phi) is 3.42. The second kappa shape index (κ2) is 4.58. The predicted octanol–water partition coefficient (Wildman–Crippen LogP) is 1.15. The number of rotatable bonds is 2. The fourth-order valence-electron chi connectivity index (χ4n) is 1.44. The van der Waals surface area contributed by atoms with Gasteiger partial charge in [-0.2, -0.15) is 5.26 Å². The van der Waals surface area contributed by atoms with Crippen molar-refractivity contribution in [2.75, 3.05) is 7.11 Å². The molecule has 0 fully saturated rings. The Morgan fingerprint density at radius 1 is 1.60 bits per heavy atom. The first-order valence-electron chi connectivity index (χ1n) is 4.36. The molecule has 1 aromatic carbocycles. The molecule has 4 heteroatoms. The lowest BCUT2D eigenvalue weighted by molar-refractivity contribution is 0.0596. The van der Waals surface area contributed by atoms with Crippen LogP contribution in [0.15, 0.2) is 12.1 Å². The molecule has 0 saturated heterocycles. The largest absolute Gasteiger partial charge is 0.465 e. The summed E-state index contributed by atoms with van der Waals surface area (Å²) in [5, 5.41) is 17.8. The minimum atomic E-state index is -0.499. The third-order valence-corrected chi connectivity index (χ3v) is 2.11. The van der Waals surface area contributed by atoms with Gasteiger partial charge in [-0.15, -0.1) is 0 Å². The summed E-state index contributed by atoms with van der Waals surface area (Å²) in [7, 11) is 1.28. The summed E-state index contributed by atoms with van der Waals surface area (Å²) in [4.78, 5) is 11.4. The molecule has 0 radical (unpaired) electrons. The second-order valence-electron chi connectivity index (χ2n) is 3.09. The molecule has 0 aliphatic carbocycles. The number of nitriles is 1. The highest BCUT2D eigenvalue weighted by Gasteiger charge is 2.15. The first-order valence-corrected chi connectivity index (χ1v) is 4.36. The van der Waals surface area contributed by atoms with Gasteiger partial charge in [0.05, 0.1) is 30.9 Å². The summed E-state index contributed by atoms with van der Waals surface area (Å²) in [6.07, 6.45) is 0. The van der Waals surface area contributed by atoms with Gasteiger partial charge < -0.3 is 9.84 Å². The maximum atomic E-state index is 11.4. The van der Waals surface area contributed by atoms with Crippen LogP contribution in [-0.2, 0) is 11.3 Å². The van der Waals surface area contributed by atoms with Gasteiger partial charge in [0.1, 0.15) is 0 Å². The highest BCUT2D eigenvalue weighted by Crippen LogP contribution is 2.18. The average molecular weight is 205 g/mol. The SMILES string of the molecule is COC(=O)c1c(C)cc(C#N)cc1CO. The Balaban J connectivity index is 3.39. The molecular weight excluding hydrogens is 194 g/mol. The van der Waals surface area contributed by atoms with Crippen LogP contribution in [0, 0.1) is 18.3 Å². The summed E-state index contributed by atoms with van der Waals surface area (Å²) < 4.78 is 4.60. The van der Waals surface area contributed by atoms with Crippen LogP contribution >= 0.6 is 0 Å². The van der Waals surface area contributed by atoms with E-state index in [0.29, 0.717) is 22.3 Å². The molecule has 0 spiro atoms. The summed E-state index contributed by atoms with van der Waals surface area (Å²) in [6.45, 7) is 1.41. The van der Waals surface area contributed by atoms with E-state index in [-0.39, 0.29) is 6.61 Å². The molecule has 0 aliphatic heterocycles. The van der Waals surface area contributed by atoms with E-state index < -0.39 is 5.97 Å². The quantitative estimate of drug-likeness (QED) is 0.735. The molecule has 0 atom stereocenters. The Hall–Kier alpha value is -1.86. The summed E-state index contributed by atoms with van der Waals surface area (Å²) in [6, 6.07) is 5.04. The van der Waals surface area contributed by atoms with E-state index in [0.717, 1.165) is 0 Å². The number of methoxy groups -OCH3 is 1. The van der Waals surface area contributed by atoms with Crippen molar-refractivity contribution in [2.24, 2.45) is 0 Å². The van der Waals surface area contributed by atoms with E-state index in [9.17, 15) is 4.79 Å². The third kappa shape index (κ3) is 2.14. The van der Waals surface area contributed by atoms with Crippen molar-refractivity contribution in [2.45, 2.75) is 13.5 Å². The van der Waals surface area contributed by atoms with Crippen molar-refractivity contribution < 1.29 is 14.6 Å². The number of nitrogens with zero attached hydrogens (tertiary/aromatic N) is 1. The van der Waals surface area contributed by atoms with Crippen molar-refractivity contribution in [1.82, 2.24) is 0 Å². The molecule has 1 aromatic rings. The first kappa shape index (κ1) is 11.2. The number of hydrogen-bond donors (Lipinski definition) is 1. The van der Waals surface area contributed by atoms with Gasteiger partial charge in [-0.1, -0.05) is 0 Å². The standard InChI is InChI=1S/C11H11NO3/c1-7-3-8(5-12)4-9(6-13)10(7)11(14)15-2/h3-4,13H,6H2,1-2H3. The molecule has 0 aliphatic rings. The summed E-state index contributed by atoms with van der Waals surface area (Å²) in [5.74, 6) is -0.499. The zero-order chi connectivity index (χ0) is 11.4. The number of benzene rings is 1. The van der Waals surface area contributed by atoms with Gasteiger partial charge in [-0.25, -0.2) is 4.79 Å². The number of hydrogen-bond acceptors (Lipinski definition) is 4. The van der Waals surface area contributed by atoms with Gasteiger partial charge in [0, 0.05) is 0 Å². The molecule has 78 valence electrons. The van der Waals surface area contributed by atoms with Gasteiger partial charge in [-0.05, 0) is 30.2 Å². The molecule has 0 heterocycles. The molecule has 0 aromatic heterocycles. The van der Waals surface area contributed by atoms with Gasteiger partial charge >= 0.3 is 5.97 Å². The Morgan fingerprint density at radius 3 is 2.73 bits per heavy atom. The lowest BCUT2D eigenvalue weighted by Gasteiger charge is -2.09. The van der Waals surface area contributed by atoms with Gasteiger partial charge in [0.2, 0.25) is 0 Å². The van der Waals surface area contributed by atoms with Crippen molar-refractivity contribution >= 4 is 5.97 Å². The van der Waals surface area contributed by atoms with Crippen LogP contribution in [0.3, 0.4) is 0 Å². The van der Waals surface area contributed by atoms with E-state index >= 15 is 0 Å². The average Bonchev–Trinajstić information content (AvgIpc) is 2.26. The van der Waals surface area contributed by atoms with Crippen LogP contribution in [-0.4, -0.2) is 18.2 Å². The van der Waals surface area contributed by atoms with Crippen LogP contribution in [0.5, 0.6) is 0 Å². The molecule has 1 rings (SSSR count). The topological polar surface area (TPSA) is 70.3 Å². The number of aryl methyl sites for hydroxylation is 1. The third-order valence-electron chi connectivity index (χ3n) is 2.11. The van der Waals surface area contributed by atoms with Crippen LogP contribution in [0.1, 0.15) is 27.0 Å². The number of aliphatic hydroxyl groups is 1. The van der Waals surface area contributed by atoms with Crippen LogP contribution in [0.2, 0.25) is 0 Å². The molecule has 0 saturated carbocycles. The maximum absolute atomic E-state index is 11.4. The highest BCUT2D eigenvalue weighted by atomic mass is 16.5. The van der Waals surface area contributed by atoms with Crippen LogP contribution in [0.4, 0.5) is 0 Å². The number of aliphatic hydroxyl groups excluding tert-OH is 1. The van der Waals surface area contributed by atoms with Gasteiger partial charge in [0.25, 0.3) is 0 Å². The van der Waals surface area contributed by atoms with Crippen LogP contribution < -0.4 is 0 Å². The highest BCUT2D eigenvalue weighted by molar-refractivity contribution is 5.92. The Morgan fingerprint density at radius 2 is 2.27 bits per heavy atom. The lowest BCUT2D eigenvalue weighted by Crippen LogP contribution is -2.09. The van der Waals surface area contributed by atoms with Crippen LogP contribution in [0.25, 0.3) is 0 Å². The fraction of sp³-hybridized carbons (Fsp3) is 0.273. The molecule has 15 heavy (non-hydrogen) atoms. The van der Waals surface area contributed by atoms with E-state index in [1.54, 1.807) is 13.0 Å². The van der Waals surface area contributed by atoms with Crippen molar-refractivity contribution in [3.8, 4) is 6.07 Å². The number of carbonyl (C=O) groups is 1. The normalized spacial score (nSPS) is 9.47. The molecule has 4 nitrogen and oxygen atoms in total. The second-order valence-corrected chi connectivity index (χ2v) is 3.09. The van der Waals surface area contributed by atoms with E-state index in [4.69, 9.17) is 10.4 Å². The smallest absolute Gasteiger partial charge is 0.338 e. The summed E-state index contributed by atoms with van der Waals surface area (Å²) in [5.41, 5.74) is 1.80. The maximum Gasteiger partial charge on any atom is 0.338 e.